The molecule has 4 heteroatoms. The largest absolute Gasteiger partial charge is 0.369 e. The lowest BCUT2D eigenvalue weighted by Crippen LogP contribution is -2.30. The Labute approximate surface area is 95.7 Å². The number of anilines is 1. The van der Waals surface area contributed by atoms with Crippen molar-refractivity contribution in [1.82, 2.24) is 4.98 Å². The number of rotatable bonds is 2. The topological polar surface area (TPSA) is 65.9 Å². The van der Waals surface area contributed by atoms with E-state index in [4.69, 9.17) is 11.0 Å². The van der Waals surface area contributed by atoms with Crippen LogP contribution in [-0.2, 0) is 0 Å². The number of hydrogen-bond acceptors (Lipinski definition) is 4. The van der Waals surface area contributed by atoms with Crippen molar-refractivity contribution in [3.8, 4) is 6.07 Å². The molecule has 2 heterocycles. The van der Waals surface area contributed by atoms with E-state index in [1.807, 2.05) is 6.92 Å². The Kier molecular flexibility index (Phi) is 3.07. The molecule has 2 unspecified atom stereocenters. The van der Waals surface area contributed by atoms with Gasteiger partial charge >= 0.3 is 0 Å². The van der Waals surface area contributed by atoms with Crippen molar-refractivity contribution in [2.24, 2.45) is 11.7 Å². The highest BCUT2D eigenvalue weighted by Gasteiger charge is 2.26. The molecule has 16 heavy (non-hydrogen) atoms. The van der Waals surface area contributed by atoms with Gasteiger partial charge in [0.25, 0.3) is 0 Å². The second kappa shape index (κ2) is 4.50. The molecule has 0 amide bonds. The summed E-state index contributed by atoms with van der Waals surface area (Å²) in [5.74, 6) is 0.520. The van der Waals surface area contributed by atoms with Crippen LogP contribution in [0.15, 0.2) is 18.5 Å². The summed E-state index contributed by atoms with van der Waals surface area (Å²) in [5.41, 5.74) is 7.53. The molecule has 0 spiro atoms. The van der Waals surface area contributed by atoms with E-state index in [2.05, 4.69) is 16.0 Å². The first kappa shape index (κ1) is 10.9. The monoisotopic (exact) mass is 216 g/mol. The third-order valence-electron chi connectivity index (χ3n) is 3.23. The van der Waals surface area contributed by atoms with Gasteiger partial charge in [-0.25, -0.2) is 0 Å². The minimum atomic E-state index is 0.215. The lowest BCUT2D eigenvalue weighted by Gasteiger charge is -2.20. The van der Waals surface area contributed by atoms with E-state index in [9.17, 15) is 0 Å². The van der Waals surface area contributed by atoms with Crippen LogP contribution in [0.1, 0.15) is 18.9 Å². The maximum absolute atomic E-state index is 9.02. The zero-order valence-corrected chi connectivity index (χ0v) is 9.43. The number of nitrogens with zero attached hydrogens (tertiary/aromatic N) is 3. The summed E-state index contributed by atoms with van der Waals surface area (Å²) in [6.45, 7) is 3.94. The number of nitriles is 1. The highest BCUT2D eigenvalue weighted by Crippen LogP contribution is 2.26. The van der Waals surface area contributed by atoms with Gasteiger partial charge in [0.15, 0.2) is 0 Å². The van der Waals surface area contributed by atoms with Crippen LogP contribution in [0.3, 0.4) is 0 Å². The summed E-state index contributed by atoms with van der Waals surface area (Å²) < 4.78 is 0. The maximum Gasteiger partial charge on any atom is 0.101 e. The standard InChI is InChI=1S/C12H16N4/c1-9(14)11-3-5-16(8-11)12-7-15-4-2-10(12)6-13/h2,4,7,9,11H,3,5,8,14H2,1H3. The van der Waals surface area contributed by atoms with Crippen molar-refractivity contribution < 1.29 is 0 Å². The number of nitrogens with two attached hydrogens (primary N) is 1. The molecule has 0 aromatic carbocycles. The minimum absolute atomic E-state index is 0.215. The molecule has 0 bridgehead atoms. The van der Waals surface area contributed by atoms with Crippen molar-refractivity contribution in [3.63, 3.8) is 0 Å². The van der Waals surface area contributed by atoms with Crippen molar-refractivity contribution in [2.75, 3.05) is 18.0 Å². The third kappa shape index (κ3) is 2.00. The Morgan fingerprint density at radius 1 is 1.69 bits per heavy atom. The lowest BCUT2D eigenvalue weighted by molar-refractivity contribution is 0.488. The first-order valence-corrected chi connectivity index (χ1v) is 5.57. The van der Waals surface area contributed by atoms with Crippen LogP contribution in [0.2, 0.25) is 0 Å². The van der Waals surface area contributed by atoms with E-state index in [1.165, 1.54) is 0 Å². The van der Waals surface area contributed by atoms with Gasteiger partial charge in [0, 0.05) is 25.3 Å². The van der Waals surface area contributed by atoms with E-state index in [-0.39, 0.29) is 6.04 Å². The molecule has 0 aliphatic carbocycles. The lowest BCUT2D eigenvalue weighted by atomic mass is 10.0. The van der Waals surface area contributed by atoms with Gasteiger partial charge in [-0.1, -0.05) is 0 Å². The van der Waals surface area contributed by atoms with Crippen LogP contribution in [0.5, 0.6) is 0 Å². The number of pyridine rings is 1. The predicted octanol–water partition coefficient (Wildman–Crippen LogP) is 1.13. The van der Waals surface area contributed by atoms with Gasteiger partial charge in [0.05, 0.1) is 17.4 Å². The minimum Gasteiger partial charge on any atom is -0.369 e. The van der Waals surface area contributed by atoms with E-state index in [1.54, 1.807) is 18.5 Å². The zero-order valence-electron chi connectivity index (χ0n) is 9.43. The normalized spacial score (nSPS) is 21.8. The molecule has 0 radical (unpaired) electrons. The van der Waals surface area contributed by atoms with Crippen molar-refractivity contribution >= 4 is 5.69 Å². The Morgan fingerprint density at radius 3 is 3.12 bits per heavy atom. The molecule has 0 saturated carbocycles. The quantitative estimate of drug-likeness (QED) is 0.804. The average Bonchev–Trinajstić information content (AvgIpc) is 2.78. The fraction of sp³-hybridized carbons (Fsp3) is 0.500. The fourth-order valence-corrected chi connectivity index (χ4v) is 2.17. The third-order valence-corrected chi connectivity index (χ3v) is 3.23. The number of hydrogen-bond donors (Lipinski definition) is 1. The van der Waals surface area contributed by atoms with E-state index >= 15 is 0 Å². The molecule has 1 fully saturated rings. The van der Waals surface area contributed by atoms with Gasteiger partial charge < -0.3 is 10.6 Å². The summed E-state index contributed by atoms with van der Waals surface area (Å²) >= 11 is 0. The van der Waals surface area contributed by atoms with Crippen molar-refractivity contribution in [3.05, 3.63) is 24.0 Å². The molecule has 1 aromatic heterocycles. The molecule has 2 N–H and O–H groups in total. The average molecular weight is 216 g/mol. The van der Waals surface area contributed by atoms with E-state index < -0.39 is 0 Å². The second-order valence-corrected chi connectivity index (χ2v) is 4.36. The van der Waals surface area contributed by atoms with E-state index in [0.29, 0.717) is 11.5 Å². The first-order valence-electron chi connectivity index (χ1n) is 5.57. The van der Waals surface area contributed by atoms with Gasteiger partial charge in [-0.3, -0.25) is 4.98 Å². The molecule has 2 atom stereocenters. The molecular formula is C12H16N4. The van der Waals surface area contributed by atoms with E-state index in [0.717, 1.165) is 25.2 Å². The van der Waals surface area contributed by atoms with Crippen LogP contribution in [0, 0.1) is 17.2 Å². The van der Waals surface area contributed by atoms with Crippen LogP contribution in [0.25, 0.3) is 0 Å². The van der Waals surface area contributed by atoms with Crippen molar-refractivity contribution in [2.45, 2.75) is 19.4 Å². The van der Waals surface area contributed by atoms with Crippen LogP contribution < -0.4 is 10.6 Å². The second-order valence-electron chi connectivity index (χ2n) is 4.36. The highest BCUT2D eigenvalue weighted by molar-refractivity contribution is 5.58. The Bertz CT molecular complexity index is 408. The van der Waals surface area contributed by atoms with Gasteiger partial charge in [-0.05, 0) is 25.3 Å². The zero-order chi connectivity index (χ0) is 11.5. The molecule has 1 saturated heterocycles. The number of aromatic nitrogens is 1. The molecule has 1 aromatic rings. The van der Waals surface area contributed by atoms with Gasteiger partial charge in [0.2, 0.25) is 0 Å². The smallest absolute Gasteiger partial charge is 0.101 e. The van der Waals surface area contributed by atoms with Crippen LogP contribution in [0.4, 0.5) is 5.69 Å². The molecule has 1 aliphatic heterocycles. The summed E-state index contributed by atoms with van der Waals surface area (Å²) in [4.78, 5) is 6.29. The van der Waals surface area contributed by atoms with Gasteiger partial charge in [-0.2, -0.15) is 5.26 Å². The fourth-order valence-electron chi connectivity index (χ4n) is 2.17. The molecule has 84 valence electrons. The molecular weight excluding hydrogens is 200 g/mol. The summed E-state index contributed by atoms with van der Waals surface area (Å²) in [6, 6.07) is 4.18. The van der Waals surface area contributed by atoms with Crippen LogP contribution >= 0.6 is 0 Å². The van der Waals surface area contributed by atoms with Gasteiger partial charge in [0.1, 0.15) is 6.07 Å². The highest BCUT2D eigenvalue weighted by atomic mass is 15.2. The first-order chi connectivity index (χ1) is 7.72. The summed E-state index contributed by atoms with van der Waals surface area (Å²) in [5, 5.41) is 9.02. The van der Waals surface area contributed by atoms with Crippen LogP contribution in [-0.4, -0.2) is 24.1 Å². The Hall–Kier alpha value is -1.60. The Balaban J connectivity index is 2.18. The summed E-state index contributed by atoms with van der Waals surface area (Å²) in [7, 11) is 0. The predicted molar refractivity (Wildman–Crippen MR) is 62.9 cm³/mol. The molecule has 1 aliphatic rings. The maximum atomic E-state index is 9.02. The molecule has 4 nitrogen and oxygen atoms in total. The van der Waals surface area contributed by atoms with Crippen molar-refractivity contribution in [1.29, 1.82) is 5.26 Å². The Morgan fingerprint density at radius 2 is 2.50 bits per heavy atom. The summed E-state index contributed by atoms with van der Waals surface area (Å²) in [6.07, 6.45) is 4.51. The SMILES string of the molecule is CC(N)C1CCN(c2cnccc2C#N)C1. The molecule has 2 rings (SSSR count). The van der Waals surface area contributed by atoms with Gasteiger partial charge in [-0.15, -0.1) is 0 Å².